The number of carbonyl (C=O) groups is 1. The van der Waals surface area contributed by atoms with Crippen molar-refractivity contribution in [1.29, 1.82) is 0 Å². The summed E-state index contributed by atoms with van der Waals surface area (Å²) < 4.78 is 39.0. The molecule has 46 heavy (non-hydrogen) atoms. The van der Waals surface area contributed by atoms with Crippen molar-refractivity contribution >= 4 is 58.4 Å². The van der Waals surface area contributed by atoms with E-state index in [0.29, 0.717) is 46.4 Å². The molecule has 6 rings (SSSR count). The molecule has 0 bridgehead atoms. The van der Waals surface area contributed by atoms with Crippen LogP contribution < -0.4 is 29.9 Å². The van der Waals surface area contributed by atoms with E-state index in [0.717, 1.165) is 44.0 Å². The van der Waals surface area contributed by atoms with Crippen LogP contribution in [0.5, 0.6) is 11.5 Å². The number of fused-ring (bicyclic) bond motifs is 2. The van der Waals surface area contributed by atoms with E-state index < -0.39 is 11.6 Å². The lowest BCUT2D eigenvalue weighted by Crippen LogP contribution is -2.28. The summed E-state index contributed by atoms with van der Waals surface area (Å²) in [6, 6.07) is 6.54. The summed E-state index contributed by atoms with van der Waals surface area (Å²) in [5.74, 6) is 1.98. The van der Waals surface area contributed by atoms with Gasteiger partial charge < -0.3 is 34.8 Å². The standard InChI is InChI=1S/C32H32ClF2N7O4/c1-40-13-19-15-42(16-20(19)14-40)25-11-28(45-3)24(10-23(25)37-30(44)6-7-33)38-32-36-12-18-8-29(26(17-43)41(2)31(18)39-32)46-27-5-4-21(34)9-22(27)35/h4-5,8-12,19-20H,6-7,13-16H2,1-3H3,(H,37,44)(H,36,38,39)/t19-,20+. The zero-order valence-corrected chi connectivity index (χ0v) is 26.2. The average molecular weight is 652 g/mol. The Labute approximate surface area is 269 Å². The summed E-state index contributed by atoms with van der Waals surface area (Å²) in [7, 11) is 5.28. The first kappa shape index (κ1) is 31.3. The van der Waals surface area contributed by atoms with E-state index in [1.807, 2.05) is 12.0 Å². The quantitative estimate of drug-likeness (QED) is 0.250. The van der Waals surface area contributed by atoms with Crippen LogP contribution in [-0.2, 0) is 9.59 Å². The van der Waals surface area contributed by atoms with Gasteiger partial charge in [-0.25, -0.2) is 18.6 Å². The van der Waals surface area contributed by atoms with Gasteiger partial charge in [-0.15, -0.1) is 11.6 Å². The highest BCUT2D eigenvalue weighted by molar-refractivity contribution is 6.19. The summed E-state index contributed by atoms with van der Waals surface area (Å²) in [5, 5.41) is 6.19. The van der Waals surface area contributed by atoms with Crippen molar-refractivity contribution in [3.05, 3.63) is 65.2 Å². The van der Waals surface area contributed by atoms with Gasteiger partial charge in [0.05, 0.1) is 24.2 Å². The van der Waals surface area contributed by atoms with Crippen LogP contribution in [0, 0.1) is 23.5 Å². The van der Waals surface area contributed by atoms with Crippen molar-refractivity contribution < 1.29 is 27.8 Å². The fourth-order valence-electron chi connectivity index (χ4n) is 6.21. The molecule has 3 aliphatic rings. The number of carbonyl (C=O) groups excluding carboxylic acids is 2. The van der Waals surface area contributed by atoms with Crippen molar-refractivity contribution in [2.75, 3.05) is 73.7 Å². The Morgan fingerprint density at radius 2 is 1.85 bits per heavy atom. The van der Waals surface area contributed by atoms with Gasteiger partial charge in [-0.1, -0.05) is 0 Å². The predicted molar refractivity (Wildman–Crippen MR) is 172 cm³/mol. The van der Waals surface area contributed by atoms with Crippen molar-refractivity contribution in [1.82, 2.24) is 14.9 Å². The largest absolute Gasteiger partial charge is 0.494 e. The van der Waals surface area contributed by atoms with Gasteiger partial charge in [0.25, 0.3) is 0 Å². The normalized spacial score (nSPS) is 18.9. The SMILES string of the molecule is COc1cc(N2C[C@H]3CN(C)C[C@H]3C2)c(NC(=O)CCCl)cc1Nc1ncc2c(n1)N(C)C(=C=O)C(Oc1ccc(F)cc1F)=C2. The van der Waals surface area contributed by atoms with Crippen molar-refractivity contribution in [2.45, 2.75) is 6.42 Å². The molecule has 3 aliphatic heterocycles. The maximum Gasteiger partial charge on any atom is 0.229 e. The van der Waals surface area contributed by atoms with Gasteiger partial charge >= 0.3 is 0 Å². The Hall–Kier alpha value is -4.71. The molecule has 240 valence electrons. The number of rotatable bonds is 9. The van der Waals surface area contributed by atoms with Crippen LogP contribution in [0.15, 0.2) is 48.0 Å². The van der Waals surface area contributed by atoms with E-state index in [2.05, 4.69) is 37.4 Å². The Morgan fingerprint density at radius 3 is 2.52 bits per heavy atom. The van der Waals surface area contributed by atoms with Crippen LogP contribution in [0.4, 0.5) is 37.6 Å². The number of methoxy groups -OCH3 is 1. The smallest absolute Gasteiger partial charge is 0.229 e. The fraction of sp³-hybridized carbons (Fsp3) is 0.344. The fourth-order valence-corrected chi connectivity index (χ4v) is 6.38. The second-order valence-corrected chi connectivity index (χ2v) is 11.9. The number of hydrogen-bond acceptors (Lipinski definition) is 10. The van der Waals surface area contributed by atoms with Crippen molar-refractivity contribution in [3.63, 3.8) is 0 Å². The van der Waals surface area contributed by atoms with Crippen molar-refractivity contribution in [2.24, 2.45) is 11.8 Å². The first-order valence-electron chi connectivity index (χ1n) is 14.7. The number of aromatic nitrogens is 2. The summed E-state index contributed by atoms with van der Waals surface area (Å²) in [4.78, 5) is 39.8. The number of ether oxygens (including phenoxy) is 2. The molecule has 0 aliphatic carbocycles. The summed E-state index contributed by atoms with van der Waals surface area (Å²) >= 11 is 5.85. The molecule has 0 radical (unpaired) electrons. The topological polar surface area (TPSA) is 112 Å². The number of anilines is 5. The van der Waals surface area contributed by atoms with Gasteiger partial charge in [-0.05, 0) is 43.2 Å². The van der Waals surface area contributed by atoms with Crippen LogP contribution in [0.25, 0.3) is 6.08 Å². The molecule has 11 nitrogen and oxygen atoms in total. The molecule has 0 saturated carbocycles. The molecular formula is C32H32ClF2N7O4. The van der Waals surface area contributed by atoms with Crippen molar-refractivity contribution in [3.8, 4) is 11.5 Å². The zero-order chi connectivity index (χ0) is 32.5. The van der Waals surface area contributed by atoms with E-state index in [4.69, 9.17) is 21.1 Å². The number of likely N-dealkylation sites (N-methyl/N-ethyl adjacent to an activating group) is 1. The Bertz CT molecular complexity index is 1750. The van der Waals surface area contributed by atoms with Gasteiger partial charge in [0.1, 0.15) is 17.4 Å². The summed E-state index contributed by atoms with van der Waals surface area (Å²) in [6.07, 6.45) is 3.15. The monoisotopic (exact) mass is 651 g/mol. The second-order valence-electron chi connectivity index (χ2n) is 11.5. The molecule has 2 atom stereocenters. The third-order valence-corrected chi connectivity index (χ3v) is 8.54. The number of hydrogen-bond donors (Lipinski definition) is 2. The number of benzene rings is 2. The number of nitrogens with zero attached hydrogens (tertiary/aromatic N) is 5. The lowest BCUT2D eigenvalue weighted by Gasteiger charge is -2.27. The number of amides is 1. The van der Waals surface area contributed by atoms with Crippen LogP contribution >= 0.6 is 11.6 Å². The van der Waals surface area contributed by atoms with Crippen LogP contribution in [0.1, 0.15) is 12.0 Å². The Kier molecular flexibility index (Phi) is 8.81. The molecule has 1 aromatic heterocycles. The van der Waals surface area contributed by atoms with E-state index in [9.17, 15) is 18.4 Å². The third-order valence-electron chi connectivity index (χ3n) is 8.35. The number of alkyl halides is 1. The first-order chi connectivity index (χ1) is 22.2. The minimum absolute atomic E-state index is 0.00731. The van der Waals surface area contributed by atoms with Gasteiger partial charge in [-0.2, -0.15) is 4.98 Å². The van der Waals surface area contributed by atoms with E-state index in [1.54, 1.807) is 20.2 Å². The maximum atomic E-state index is 14.3. The van der Waals surface area contributed by atoms with E-state index in [1.165, 1.54) is 17.2 Å². The minimum Gasteiger partial charge on any atom is -0.494 e. The number of nitrogens with one attached hydrogen (secondary N) is 2. The second kappa shape index (κ2) is 13.0. The van der Waals surface area contributed by atoms with Crippen LogP contribution in [0.2, 0.25) is 0 Å². The molecular weight excluding hydrogens is 620 g/mol. The van der Waals surface area contributed by atoms with Gasteiger partial charge in [0.15, 0.2) is 29.0 Å². The number of likely N-dealkylation sites (tertiary alicyclic amines) is 1. The highest BCUT2D eigenvalue weighted by Crippen LogP contribution is 2.42. The number of halogens is 3. The Balaban J connectivity index is 1.31. The highest BCUT2D eigenvalue weighted by Gasteiger charge is 2.39. The molecule has 2 N–H and O–H groups in total. The summed E-state index contributed by atoms with van der Waals surface area (Å²) in [5.41, 5.74) is 2.39. The highest BCUT2D eigenvalue weighted by atomic mass is 35.5. The van der Waals surface area contributed by atoms with E-state index >= 15 is 0 Å². The molecule has 1 amide bonds. The molecule has 0 spiro atoms. The minimum atomic E-state index is -0.922. The molecule has 3 aromatic rings. The lowest BCUT2D eigenvalue weighted by molar-refractivity contribution is -0.115. The molecule has 2 fully saturated rings. The van der Waals surface area contributed by atoms with Gasteiger partial charge in [0.2, 0.25) is 11.9 Å². The Morgan fingerprint density at radius 1 is 1.09 bits per heavy atom. The summed E-state index contributed by atoms with van der Waals surface area (Å²) in [6.45, 7) is 3.79. The average Bonchev–Trinajstić information content (AvgIpc) is 3.57. The van der Waals surface area contributed by atoms with E-state index in [-0.39, 0.29) is 41.4 Å². The van der Waals surface area contributed by atoms with Crippen LogP contribution in [-0.4, -0.2) is 80.0 Å². The zero-order valence-electron chi connectivity index (χ0n) is 25.4. The van der Waals surface area contributed by atoms with Gasteiger partial charge in [0, 0.05) is 69.4 Å². The lowest BCUT2D eigenvalue weighted by atomic mass is 10.0. The van der Waals surface area contributed by atoms with Gasteiger partial charge in [-0.3, -0.25) is 4.79 Å². The first-order valence-corrected chi connectivity index (χ1v) is 15.2. The molecule has 14 heteroatoms. The molecule has 4 heterocycles. The van der Waals surface area contributed by atoms with Crippen LogP contribution in [0.3, 0.4) is 0 Å². The predicted octanol–water partition coefficient (Wildman–Crippen LogP) is 4.66. The molecule has 0 unspecified atom stereocenters. The molecule has 2 aromatic carbocycles. The third kappa shape index (κ3) is 6.21. The molecule has 2 saturated heterocycles. The maximum absolute atomic E-state index is 14.3.